The molecule has 0 spiro atoms. The third-order valence-electron chi connectivity index (χ3n) is 4.50. The molecule has 0 aromatic heterocycles. The molecule has 0 amide bonds. The summed E-state index contributed by atoms with van der Waals surface area (Å²) in [6.07, 6.45) is 3.48. The lowest BCUT2D eigenvalue weighted by molar-refractivity contribution is 0.0158. The van der Waals surface area contributed by atoms with Crippen LogP contribution in [0.25, 0.3) is 0 Å². The second-order valence-corrected chi connectivity index (χ2v) is 7.27. The molecule has 20 heavy (non-hydrogen) atoms. The van der Waals surface area contributed by atoms with Gasteiger partial charge in [-0.15, -0.1) is 0 Å². The summed E-state index contributed by atoms with van der Waals surface area (Å²) in [5, 5.41) is 3.38. The normalized spacial score (nSPS) is 19.0. The summed E-state index contributed by atoms with van der Waals surface area (Å²) in [4.78, 5) is 0. The van der Waals surface area contributed by atoms with Crippen LogP contribution in [0.3, 0.4) is 0 Å². The topological polar surface area (TPSA) is 21.3 Å². The Morgan fingerprint density at radius 3 is 2.20 bits per heavy atom. The van der Waals surface area contributed by atoms with Gasteiger partial charge in [0.25, 0.3) is 0 Å². The minimum Gasteiger partial charge on any atom is -0.381 e. The molecule has 2 heteroatoms. The van der Waals surface area contributed by atoms with Gasteiger partial charge in [-0.1, -0.05) is 45.0 Å². The van der Waals surface area contributed by atoms with Crippen LogP contribution in [-0.4, -0.2) is 26.8 Å². The Hall–Kier alpha value is -0.860. The summed E-state index contributed by atoms with van der Waals surface area (Å²) < 4.78 is 5.54. The second-order valence-electron chi connectivity index (χ2n) is 7.27. The number of benzene rings is 1. The zero-order valence-corrected chi connectivity index (χ0v) is 13.5. The third kappa shape index (κ3) is 3.83. The Morgan fingerprint density at radius 1 is 1.10 bits per heavy atom. The van der Waals surface area contributed by atoms with E-state index in [0.717, 1.165) is 39.0 Å². The van der Waals surface area contributed by atoms with Crippen molar-refractivity contribution in [1.29, 1.82) is 0 Å². The average Bonchev–Trinajstić information content (AvgIpc) is 2.39. The number of ether oxygens (including phenoxy) is 1. The van der Waals surface area contributed by atoms with Crippen molar-refractivity contribution in [3.63, 3.8) is 0 Å². The van der Waals surface area contributed by atoms with E-state index < -0.39 is 0 Å². The summed E-state index contributed by atoms with van der Waals surface area (Å²) >= 11 is 0. The lowest BCUT2D eigenvalue weighted by Crippen LogP contribution is -2.39. The van der Waals surface area contributed by atoms with Gasteiger partial charge in [-0.2, -0.15) is 0 Å². The van der Waals surface area contributed by atoms with Crippen LogP contribution in [0.1, 0.15) is 44.7 Å². The summed E-state index contributed by atoms with van der Waals surface area (Å²) in [6.45, 7) is 9.69. The first kappa shape index (κ1) is 15.5. The molecule has 1 saturated heterocycles. The Morgan fingerprint density at radius 2 is 1.70 bits per heavy atom. The molecule has 1 N–H and O–H groups in total. The van der Waals surface area contributed by atoms with E-state index in [0.29, 0.717) is 5.41 Å². The smallest absolute Gasteiger partial charge is 0.0471 e. The standard InChI is InChI=1S/C18H29NO/c1-17(2,3)16-7-5-15(6-8-16)13-18(14-19-4)9-11-20-12-10-18/h5-8,19H,9-14H2,1-4H3. The van der Waals surface area contributed by atoms with Crippen molar-refractivity contribution in [3.8, 4) is 0 Å². The van der Waals surface area contributed by atoms with Crippen molar-refractivity contribution in [2.45, 2.75) is 45.4 Å². The molecule has 0 bridgehead atoms. The lowest BCUT2D eigenvalue weighted by atomic mass is 9.75. The summed E-state index contributed by atoms with van der Waals surface area (Å²) in [6, 6.07) is 9.21. The van der Waals surface area contributed by atoms with Gasteiger partial charge in [-0.25, -0.2) is 0 Å². The van der Waals surface area contributed by atoms with E-state index in [2.05, 4.69) is 57.4 Å². The number of hydrogen-bond acceptors (Lipinski definition) is 2. The summed E-state index contributed by atoms with van der Waals surface area (Å²) in [5.41, 5.74) is 3.47. The molecule has 2 rings (SSSR count). The van der Waals surface area contributed by atoms with Crippen LogP contribution in [0.15, 0.2) is 24.3 Å². The second kappa shape index (κ2) is 6.28. The molecule has 2 nitrogen and oxygen atoms in total. The van der Waals surface area contributed by atoms with Gasteiger partial charge in [0.15, 0.2) is 0 Å². The van der Waals surface area contributed by atoms with Crippen molar-refractivity contribution >= 4 is 0 Å². The molecule has 1 aliphatic rings. The van der Waals surface area contributed by atoms with Crippen LogP contribution in [0.5, 0.6) is 0 Å². The molecule has 112 valence electrons. The van der Waals surface area contributed by atoms with Crippen LogP contribution in [0.2, 0.25) is 0 Å². The van der Waals surface area contributed by atoms with E-state index in [1.807, 2.05) is 0 Å². The Labute approximate surface area is 123 Å². The highest BCUT2D eigenvalue weighted by Gasteiger charge is 2.32. The van der Waals surface area contributed by atoms with E-state index >= 15 is 0 Å². The Balaban J connectivity index is 2.10. The fraction of sp³-hybridized carbons (Fsp3) is 0.667. The quantitative estimate of drug-likeness (QED) is 0.907. The van der Waals surface area contributed by atoms with E-state index in [4.69, 9.17) is 4.74 Å². The van der Waals surface area contributed by atoms with Crippen molar-refractivity contribution < 1.29 is 4.74 Å². The molecule has 0 saturated carbocycles. The molecule has 0 aliphatic carbocycles. The maximum Gasteiger partial charge on any atom is 0.0471 e. The van der Waals surface area contributed by atoms with E-state index in [-0.39, 0.29) is 5.41 Å². The molecule has 0 radical (unpaired) electrons. The predicted octanol–water partition coefficient (Wildman–Crippen LogP) is 3.54. The Bertz CT molecular complexity index is 405. The van der Waals surface area contributed by atoms with Crippen LogP contribution < -0.4 is 5.32 Å². The third-order valence-corrected chi connectivity index (χ3v) is 4.50. The van der Waals surface area contributed by atoms with Crippen molar-refractivity contribution in [3.05, 3.63) is 35.4 Å². The van der Waals surface area contributed by atoms with Crippen molar-refractivity contribution in [2.75, 3.05) is 26.8 Å². The molecular formula is C18H29NO. The SMILES string of the molecule is CNCC1(Cc2ccc(C(C)(C)C)cc2)CCOCC1. The zero-order valence-electron chi connectivity index (χ0n) is 13.5. The van der Waals surface area contributed by atoms with Crippen LogP contribution >= 0.6 is 0 Å². The lowest BCUT2D eigenvalue weighted by Gasteiger charge is -2.37. The highest BCUT2D eigenvalue weighted by molar-refractivity contribution is 5.28. The maximum absolute atomic E-state index is 5.54. The molecule has 0 atom stereocenters. The first-order valence-corrected chi connectivity index (χ1v) is 7.77. The predicted molar refractivity (Wildman–Crippen MR) is 85.3 cm³/mol. The van der Waals surface area contributed by atoms with Gasteiger partial charge in [0.2, 0.25) is 0 Å². The Kier molecular flexibility index (Phi) is 4.87. The number of nitrogens with one attached hydrogen (secondary N) is 1. The minimum absolute atomic E-state index is 0.236. The first-order valence-electron chi connectivity index (χ1n) is 7.77. The fourth-order valence-corrected chi connectivity index (χ4v) is 3.15. The van der Waals surface area contributed by atoms with Gasteiger partial charge in [-0.3, -0.25) is 0 Å². The minimum atomic E-state index is 0.236. The van der Waals surface area contributed by atoms with Gasteiger partial charge < -0.3 is 10.1 Å². The van der Waals surface area contributed by atoms with Gasteiger partial charge in [0.05, 0.1) is 0 Å². The monoisotopic (exact) mass is 275 g/mol. The molecule has 1 heterocycles. The number of hydrogen-bond donors (Lipinski definition) is 1. The molecule has 0 unspecified atom stereocenters. The molecule has 1 fully saturated rings. The maximum atomic E-state index is 5.54. The number of rotatable bonds is 4. The van der Waals surface area contributed by atoms with Crippen LogP contribution in [0, 0.1) is 5.41 Å². The van der Waals surface area contributed by atoms with Crippen LogP contribution in [0.4, 0.5) is 0 Å². The molecule has 1 aromatic rings. The fourth-order valence-electron chi connectivity index (χ4n) is 3.15. The molecule has 1 aliphatic heterocycles. The van der Waals surface area contributed by atoms with Crippen LogP contribution in [-0.2, 0) is 16.6 Å². The van der Waals surface area contributed by atoms with Gasteiger partial charge in [0, 0.05) is 19.8 Å². The molecular weight excluding hydrogens is 246 g/mol. The largest absolute Gasteiger partial charge is 0.381 e. The van der Waals surface area contributed by atoms with Crippen molar-refractivity contribution in [1.82, 2.24) is 5.32 Å². The van der Waals surface area contributed by atoms with Gasteiger partial charge >= 0.3 is 0 Å². The van der Waals surface area contributed by atoms with Crippen molar-refractivity contribution in [2.24, 2.45) is 5.41 Å². The van der Waals surface area contributed by atoms with Gasteiger partial charge in [-0.05, 0) is 48.3 Å². The highest BCUT2D eigenvalue weighted by Crippen LogP contribution is 2.34. The zero-order chi connectivity index (χ0) is 14.6. The summed E-state index contributed by atoms with van der Waals surface area (Å²) in [7, 11) is 2.06. The van der Waals surface area contributed by atoms with E-state index in [1.165, 1.54) is 11.1 Å². The summed E-state index contributed by atoms with van der Waals surface area (Å²) in [5.74, 6) is 0. The van der Waals surface area contributed by atoms with Gasteiger partial charge in [0.1, 0.15) is 0 Å². The van der Waals surface area contributed by atoms with E-state index in [1.54, 1.807) is 0 Å². The highest BCUT2D eigenvalue weighted by atomic mass is 16.5. The first-order chi connectivity index (χ1) is 9.45. The van der Waals surface area contributed by atoms with E-state index in [9.17, 15) is 0 Å². The molecule has 1 aromatic carbocycles. The average molecular weight is 275 g/mol.